The highest BCUT2D eigenvalue weighted by Crippen LogP contribution is 2.36. The van der Waals surface area contributed by atoms with Crippen LogP contribution in [0, 0.1) is 22.7 Å². The number of aliphatic carboxylic acids is 1. The Hall–Kier alpha value is -2.14. The molecule has 0 bridgehead atoms. The van der Waals surface area contributed by atoms with Crippen molar-refractivity contribution in [2.24, 2.45) is 0 Å². The van der Waals surface area contributed by atoms with E-state index >= 15 is 0 Å². The molecule has 6 nitrogen and oxygen atoms in total. The standard InChI is InChI=1S/C15H18N3O3P/c1-21-18(12-15(19)20)13-4-6-14(7-5-13)22(10-2-8-16)11-3-9-17/h4-7H,2-3,10-12H2,1H3,(H,19,20). The molecule has 0 aliphatic heterocycles. The van der Waals surface area contributed by atoms with Crippen molar-refractivity contribution in [2.75, 3.05) is 31.0 Å². The van der Waals surface area contributed by atoms with Gasteiger partial charge in [-0.2, -0.15) is 10.5 Å². The van der Waals surface area contributed by atoms with Crippen molar-refractivity contribution >= 4 is 24.9 Å². The van der Waals surface area contributed by atoms with Crippen molar-refractivity contribution in [3.05, 3.63) is 24.3 Å². The van der Waals surface area contributed by atoms with Crippen molar-refractivity contribution in [1.82, 2.24) is 0 Å². The van der Waals surface area contributed by atoms with Crippen LogP contribution in [0.15, 0.2) is 24.3 Å². The van der Waals surface area contributed by atoms with E-state index in [1.807, 2.05) is 12.1 Å². The molecule has 0 aromatic heterocycles. The number of hydroxylamine groups is 1. The molecule has 0 fully saturated rings. The molecule has 0 atom stereocenters. The third kappa shape index (κ3) is 5.69. The van der Waals surface area contributed by atoms with E-state index in [2.05, 4.69) is 12.1 Å². The molecule has 116 valence electrons. The third-order valence-corrected chi connectivity index (χ3v) is 5.54. The molecule has 0 aliphatic rings. The number of carboxylic acid groups (broad SMARTS) is 1. The van der Waals surface area contributed by atoms with Gasteiger partial charge in [0.15, 0.2) is 0 Å². The molecule has 0 unspecified atom stereocenters. The normalized spacial score (nSPS) is 10.0. The highest BCUT2D eigenvalue weighted by molar-refractivity contribution is 7.65. The molecule has 1 rings (SSSR count). The summed E-state index contributed by atoms with van der Waals surface area (Å²) in [5, 5.41) is 28.7. The molecule has 0 aliphatic carbocycles. The minimum Gasteiger partial charge on any atom is -0.480 e. The molecule has 0 heterocycles. The van der Waals surface area contributed by atoms with Gasteiger partial charge in [-0.15, -0.1) is 0 Å². The number of nitriles is 2. The van der Waals surface area contributed by atoms with Crippen LogP contribution < -0.4 is 10.4 Å². The van der Waals surface area contributed by atoms with Gasteiger partial charge in [0.1, 0.15) is 6.54 Å². The molecule has 0 saturated carbocycles. The van der Waals surface area contributed by atoms with Gasteiger partial charge in [0.25, 0.3) is 0 Å². The minimum absolute atomic E-state index is 0.243. The van der Waals surface area contributed by atoms with E-state index in [-0.39, 0.29) is 6.54 Å². The summed E-state index contributed by atoms with van der Waals surface area (Å²) in [6.07, 6.45) is 2.50. The molecule has 0 spiro atoms. The Balaban J connectivity index is 2.85. The fourth-order valence-corrected chi connectivity index (χ4v) is 4.00. The molecule has 0 radical (unpaired) electrons. The Morgan fingerprint density at radius 3 is 2.18 bits per heavy atom. The lowest BCUT2D eigenvalue weighted by molar-refractivity contribution is -0.136. The molecular weight excluding hydrogens is 301 g/mol. The second-order valence-electron chi connectivity index (χ2n) is 4.43. The maximum absolute atomic E-state index is 10.8. The van der Waals surface area contributed by atoms with Gasteiger partial charge in [-0.3, -0.25) is 9.63 Å². The van der Waals surface area contributed by atoms with Crippen LogP contribution in [0.4, 0.5) is 5.69 Å². The van der Waals surface area contributed by atoms with Crippen molar-refractivity contribution in [3.63, 3.8) is 0 Å². The van der Waals surface area contributed by atoms with Gasteiger partial charge in [0, 0.05) is 12.8 Å². The Kier molecular flexibility index (Phi) is 7.92. The van der Waals surface area contributed by atoms with E-state index in [4.69, 9.17) is 20.5 Å². The lowest BCUT2D eigenvalue weighted by atomic mass is 10.3. The lowest BCUT2D eigenvalue weighted by Gasteiger charge is -2.21. The minimum atomic E-state index is -0.976. The SMILES string of the molecule is CON(CC(=O)O)c1ccc(P(CCC#N)CCC#N)cc1. The number of rotatable bonds is 9. The largest absolute Gasteiger partial charge is 0.480 e. The zero-order valence-corrected chi connectivity index (χ0v) is 13.3. The zero-order valence-electron chi connectivity index (χ0n) is 12.4. The molecule has 1 N–H and O–H groups in total. The second kappa shape index (κ2) is 9.73. The van der Waals surface area contributed by atoms with E-state index in [9.17, 15) is 4.79 Å². The predicted octanol–water partition coefficient (Wildman–Crippen LogP) is 2.07. The Bertz CT molecular complexity index is 545. The highest BCUT2D eigenvalue weighted by Gasteiger charge is 2.13. The van der Waals surface area contributed by atoms with E-state index in [1.165, 1.54) is 12.2 Å². The number of benzene rings is 1. The van der Waals surface area contributed by atoms with Gasteiger partial charge in [-0.05, 0) is 29.8 Å². The molecule has 0 amide bonds. The Morgan fingerprint density at radius 2 is 1.77 bits per heavy atom. The number of nitrogens with zero attached hydrogens (tertiary/aromatic N) is 3. The molecule has 1 aromatic rings. The first-order chi connectivity index (χ1) is 10.6. The second-order valence-corrected chi connectivity index (χ2v) is 6.92. The molecule has 1 aromatic carbocycles. The monoisotopic (exact) mass is 319 g/mol. The summed E-state index contributed by atoms with van der Waals surface area (Å²) in [5.74, 6) is -0.976. The van der Waals surface area contributed by atoms with Crippen LogP contribution >= 0.6 is 7.92 Å². The quantitative estimate of drug-likeness (QED) is 0.553. The van der Waals surface area contributed by atoms with Crippen LogP contribution in [0.3, 0.4) is 0 Å². The molecule has 22 heavy (non-hydrogen) atoms. The summed E-state index contributed by atoms with van der Waals surface area (Å²) in [4.78, 5) is 15.8. The Labute approximate surface area is 131 Å². The fourth-order valence-electron chi connectivity index (χ4n) is 1.95. The lowest BCUT2D eigenvalue weighted by Crippen LogP contribution is -2.28. The predicted molar refractivity (Wildman–Crippen MR) is 85.2 cm³/mol. The van der Waals surface area contributed by atoms with Gasteiger partial charge < -0.3 is 5.11 Å². The summed E-state index contributed by atoms with van der Waals surface area (Å²) >= 11 is 0. The van der Waals surface area contributed by atoms with E-state index in [1.54, 1.807) is 12.1 Å². The van der Waals surface area contributed by atoms with E-state index in [0.717, 1.165) is 17.6 Å². The average molecular weight is 319 g/mol. The van der Waals surface area contributed by atoms with Crippen LogP contribution in [0.2, 0.25) is 0 Å². The van der Waals surface area contributed by atoms with Crippen LogP contribution in [0.1, 0.15) is 12.8 Å². The number of anilines is 1. The van der Waals surface area contributed by atoms with Gasteiger partial charge in [-0.1, -0.05) is 20.1 Å². The van der Waals surface area contributed by atoms with Crippen LogP contribution in [-0.2, 0) is 9.63 Å². The molecule has 0 saturated heterocycles. The summed E-state index contributed by atoms with van der Waals surface area (Å²) in [6.45, 7) is -0.243. The first-order valence-corrected chi connectivity index (χ1v) is 8.46. The first-order valence-electron chi connectivity index (χ1n) is 6.74. The highest BCUT2D eigenvalue weighted by atomic mass is 31.1. The summed E-state index contributed by atoms with van der Waals surface area (Å²) in [5.41, 5.74) is 0.657. The van der Waals surface area contributed by atoms with Gasteiger partial charge in [-0.25, -0.2) is 5.06 Å². The van der Waals surface area contributed by atoms with Gasteiger partial charge in [0.05, 0.1) is 24.9 Å². The first kappa shape index (κ1) is 17.9. The third-order valence-electron chi connectivity index (χ3n) is 2.99. The van der Waals surface area contributed by atoms with Crippen LogP contribution in [0.25, 0.3) is 0 Å². The topological polar surface area (TPSA) is 97.3 Å². The number of hydrogen-bond acceptors (Lipinski definition) is 5. The molecular formula is C15H18N3O3P. The maximum atomic E-state index is 10.8. The average Bonchev–Trinajstić information content (AvgIpc) is 2.53. The van der Waals surface area contributed by atoms with Crippen LogP contribution in [0.5, 0.6) is 0 Å². The molecule has 7 heteroatoms. The van der Waals surface area contributed by atoms with Crippen molar-refractivity contribution in [2.45, 2.75) is 12.8 Å². The number of carbonyl (C=O) groups is 1. The van der Waals surface area contributed by atoms with Crippen molar-refractivity contribution < 1.29 is 14.7 Å². The fraction of sp³-hybridized carbons (Fsp3) is 0.400. The van der Waals surface area contributed by atoms with Gasteiger partial charge >= 0.3 is 5.97 Å². The van der Waals surface area contributed by atoms with Crippen LogP contribution in [-0.4, -0.2) is 37.1 Å². The maximum Gasteiger partial charge on any atom is 0.325 e. The summed E-state index contributed by atoms with van der Waals surface area (Å²) < 4.78 is 0. The van der Waals surface area contributed by atoms with Crippen molar-refractivity contribution in [1.29, 1.82) is 10.5 Å². The van der Waals surface area contributed by atoms with Crippen molar-refractivity contribution in [3.8, 4) is 12.1 Å². The number of hydrogen-bond donors (Lipinski definition) is 1. The van der Waals surface area contributed by atoms with E-state index < -0.39 is 13.9 Å². The number of carboxylic acids is 1. The zero-order chi connectivity index (χ0) is 16.4. The summed E-state index contributed by atoms with van der Waals surface area (Å²) in [7, 11) is 0.879. The van der Waals surface area contributed by atoms with Gasteiger partial charge in [0.2, 0.25) is 0 Å². The smallest absolute Gasteiger partial charge is 0.325 e. The van der Waals surface area contributed by atoms with E-state index in [0.29, 0.717) is 18.5 Å². The Morgan fingerprint density at radius 1 is 1.23 bits per heavy atom. The summed E-state index contributed by atoms with van der Waals surface area (Å²) in [6, 6.07) is 11.7.